The molecule has 0 spiro atoms. The summed E-state index contributed by atoms with van der Waals surface area (Å²) in [5, 5.41) is 4.59. The molecule has 0 aliphatic heterocycles. The van der Waals surface area contributed by atoms with Crippen LogP contribution in [0.25, 0.3) is 16.7 Å². The van der Waals surface area contributed by atoms with Crippen LogP contribution >= 0.6 is 11.6 Å². The van der Waals surface area contributed by atoms with E-state index in [-0.39, 0.29) is 45.4 Å². The number of nitrogens with one attached hydrogen (secondary N) is 2. The molecule has 0 fully saturated rings. The van der Waals surface area contributed by atoms with E-state index in [4.69, 9.17) is 28.8 Å². The monoisotopic (exact) mass is 680 g/mol. The van der Waals surface area contributed by atoms with E-state index in [0.717, 1.165) is 60.1 Å². The van der Waals surface area contributed by atoms with E-state index in [1.807, 2.05) is 64.2 Å². The number of aliphatic imine (C=N–C) groups is 1. The van der Waals surface area contributed by atoms with E-state index in [2.05, 4.69) is 54.0 Å². The summed E-state index contributed by atoms with van der Waals surface area (Å²) in [6.45, 7) is 17.9. The predicted molar refractivity (Wildman–Crippen MR) is 199 cm³/mol. The van der Waals surface area contributed by atoms with Gasteiger partial charge in [-0.1, -0.05) is 71.3 Å². The molecular formula is C37H54ClFN8O. The van der Waals surface area contributed by atoms with Crippen molar-refractivity contribution in [2.45, 2.75) is 104 Å². The van der Waals surface area contributed by atoms with Crippen LogP contribution in [0.1, 0.15) is 103 Å². The number of guanidine groups is 1. The van der Waals surface area contributed by atoms with Crippen LogP contribution in [0.4, 0.5) is 4.39 Å². The van der Waals surface area contributed by atoms with Gasteiger partial charge in [-0.3, -0.25) is 9.56 Å². The van der Waals surface area contributed by atoms with E-state index >= 15 is 0 Å². The van der Waals surface area contributed by atoms with Gasteiger partial charge in [-0.2, -0.15) is 4.98 Å². The quantitative estimate of drug-likeness (QED) is 0.0669. The van der Waals surface area contributed by atoms with E-state index in [1.165, 1.54) is 0 Å². The molecule has 8 N–H and O–H groups in total. The van der Waals surface area contributed by atoms with Gasteiger partial charge in [0.2, 0.25) is 0 Å². The number of nitrogens with two attached hydrogens (primary N) is 3. The molecule has 0 bridgehead atoms. The van der Waals surface area contributed by atoms with Crippen molar-refractivity contribution in [2.75, 3.05) is 13.1 Å². The van der Waals surface area contributed by atoms with Crippen molar-refractivity contribution < 1.29 is 4.39 Å². The first-order chi connectivity index (χ1) is 22.4. The fraction of sp³-hybridized carbons (Fsp3) is 0.486. The maximum atomic E-state index is 14.0. The number of aryl methyl sites for hydroxylation is 1. The van der Waals surface area contributed by atoms with Crippen LogP contribution in [0.3, 0.4) is 0 Å². The Morgan fingerprint density at radius 3 is 2.29 bits per heavy atom. The first-order valence-corrected chi connectivity index (χ1v) is 17.0. The molecule has 0 amide bonds. The highest BCUT2D eigenvalue weighted by molar-refractivity contribution is 6.30. The molecule has 0 saturated carbocycles. The summed E-state index contributed by atoms with van der Waals surface area (Å²) in [5.74, 6) is -0.170. The topological polar surface area (TPSA) is 153 Å². The third-order valence-corrected chi connectivity index (χ3v) is 8.36. The maximum absolute atomic E-state index is 14.0. The Balaban J connectivity index is 0.000000297. The van der Waals surface area contributed by atoms with E-state index in [1.54, 1.807) is 10.6 Å². The number of hydrogen-bond acceptors (Lipinski definition) is 5. The number of H-pyrrole nitrogens is 1. The van der Waals surface area contributed by atoms with Crippen LogP contribution in [0.2, 0.25) is 5.02 Å². The highest BCUT2D eigenvalue weighted by Crippen LogP contribution is 2.31. The Morgan fingerprint density at radius 1 is 1.04 bits per heavy atom. The molecular weight excluding hydrogens is 627 g/mol. The molecule has 4 aromatic rings. The Bertz CT molecular complexity index is 1730. The second kappa shape index (κ2) is 16.6. The molecule has 0 aliphatic carbocycles. The Kier molecular flexibility index (Phi) is 13.4. The van der Waals surface area contributed by atoms with Crippen LogP contribution < -0.4 is 28.2 Å². The van der Waals surface area contributed by atoms with Crippen molar-refractivity contribution in [3.05, 3.63) is 92.4 Å². The molecule has 262 valence electrons. The molecule has 2 atom stereocenters. The molecule has 2 aromatic carbocycles. The van der Waals surface area contributed by atoms with Crippen LogP contribution in [0, 0.1) is 5.82 Å². The van der Waals surface area contributed by atoms with Crippen LogP contribution in [0.15, 0.2) is 58.4 Å². The molecule has 2 heterocycles. The molecule has 2 aromatic heterocycles. The largest absolute Gasteiger partial charge is 0.370 e. The third kappa shape index (κ3) is 11.2. The van der Waals surface area contributed by atoms with Crippen molar-refractivity contribution >= 4 is 28.6 Å². The second-order valence-electron chi connectivity index (χ2n) is 14.6. The standard InChI is InChI=1S/C22H31N7O.C15H23ClFN/c1-14(25-10-5-11-26-20(23)24)15-6-8-17(9-7-15)29-13-16-12-18(22(2,3)4)27-19(16)28-21(29)30;1-10(18)6-5-7-11-8-12(15(2,3)4)14(17)13(16)9-11/h6-9,12-14,25H,5,10-11H2,1-4H3,(H4,23,24,26)(H,27,28,30);8-10H,5-7,18H2,1-4H3/t14-;10-/m01/s1. The molecule has 0 unspecified atom stereocenters. The predicted octanol–water partition coefficient (Wildman–Crippen LogP) is 6.77. The fourth-order valence-electron chi connectivity index (χ4n) is 5.19. The van der Waals surface area contributed by atoms with Gasteiger partial charge in [0.05, 0.1) is 10.7 Å². The maximum Gasteiger partial charge on any atom is 0.354 e. The minimum atomic E-state index is -0.302. The molecule has 48 heavy (non-hydrogen) atoms. The minimum Gasteiger partial charge on any atom is -0.370 e. The number of nitrogens with zero attached hydrogens (tertiary/aromatic N) is 3. The highest BCUT2D eigenvalue weighted by atomic mass is 35.5. The highest BCUT2D eigenvalue weighted by Gasteiger charge is 2.21. The smallest absolute Gasteiger partial charge is 0.354 e. The second-order valence-corrected chi connectivity index (χ2v) is 15.0. The van der Waals surface area contributed by atoms with Gasteiger partial charge >= 0.3 is 5.69 Å². The zero-order valence-corrected chi connectivity index (χ0v) is 30.5. The van der Waals surface area contributed by atoms with Gasteiger partial charge < -0.3 is 27.5 Å². The van der Waals surface area contributed by atoms with Crippen LogP contribution in [-0.2, 0) is 17.3 Å². The summed E-state index contributed by atoms with van der Waals surface area (Å²) in [4.78, 5) is 24.0. The summed E-state index contributed by atoms with van der Waals surface area (Å²) in [6, 6.07) is 14.0. The minimum absolute atomic E-state index is 0.0390. The van der Waals surface area contributed by atoms with Gasteiger partial charge in [-0.05, 0) is 92.4 Å². The van der Waals surface area contributed by atoms with E-state index < -0.39 is 0 Å². The Morgan fingerprint density at radius 2 is 1.71 bits per heavy atom. The van der Waals surface area contributed by atoms with Gasteiger partial charge in [0.25, 0.3) is 0 Å². The van der Waals surface area contributed by atoms with E-state index in [9.17, 15) is 9.18 Å². The Hall–Kier alpha value is -3.73. The van der Waals surface area contributed by atoms with Crippen molar-refractivity contribution in [1.82, 2.24) is 19.9 Å². The lowest BCUT2D eigenvalue weighted by Gasteiger charge is -2.21. The summed E-state index contributed by atoms with van der Waals surface area (Å²) in [7, 11) is 0. The van der Waals surface area contributed by atoms with Crippen LogP contribution in [-0.4, -0.2) is 39.6 Å². The SMILES string of the molecule is C[C@@H](N)CCCc1cc(Cl)c(F)c(C(C)(C)C)c1.C[C@H](NCCCN=C(N)N)c1ccc(-n2cc3cc(C(C)(C)C)[nH]c3nc2=O)cc1. The first kappa shape index (κ1) is 38.7. The molecule has 0 saturated heterocycles. The van der Waals surface area contributed by atoms with Crippen molar-refractivity contribution in [2.24, 2.45) is 22.2 Å². The Labute approximate surface area is 289 Å². The zero-order chi connectivity index (χ0) is 35.8. The van der Waals surface area contributed by atoms with Gasteiger partial charge in [0.1, 0.15) is 11.5 Å². The summed E-state index contributed by atoms with van der Waals surface area (Å²) < 4.78 is 15.6. The molecule has 9 nitrogen and oxygen atoms in total. The van der Waals surface area contributed by atoms with E-state index in [0.29, 0.717) is 17.8 Å². The number of rotatable bonds is 11. The average molecular weight is 681 g/mol. The first-order valence-electron chi connectivity index (χ1n) is 16.6. The number of hydrogen-bond donors (Lipinski definition) is 5. The van der Waals surface area contributed by atoms with Gasteiger partial charge in [0, 0.05) is 41.3 Å². The number of aromatic nitrogens is 3. The summed E-state index contributed by atoms with van der Waals surface area (Å²) in [5.41, 5.74) is 21.2. The van der Waals surface area contributed by atoms with Crippen molar-refractivity contribution in [3.63, 3.8) is 0 Å². The fourth-order valence-corrected chi connectivity index (χ4v) is 5.44. The summed E-state index contributed by atoms with van der Waals surface area (Å²) in [6.07, 6.45) is 5.57. The van der Waals surface area contributed by atoms with Gasteiger partial charge in [0.15, 0.2) is 5.96 Å². The average Bonchev–Trinajstić information content (AvgIpc) is 3.41. The third-order valence-electron chi connectivity index (χ3n) is 8.09. The zero-order valence-electron chi connectivity index (χ0n) is 29.8. The number of benzene rings is 2. The van der Waals surface area contributed by atoms with Crippen molar-refractivity contribution in [1.29, 1.82) is 0 Å². The normalized spacial score (nSPS) is 13.1. The lowest BCUT2D eigenvalue weighted by atomic mass is 9.85. The number of aromatic amines is 1. The molecule has 11 heteroatoms. The molecule has 4 rings (SSSR count). The molecule has 0 aliphatic rings. The van der Waals surface area contributed by atoms with Crippen LogP contribution in [0.5, 0.6) is 0 Å². The lowest BCUT2D eigenvalue weighted by Crippen LogP contribution is -2.24. The molecule has 0 radical (unpaired) electrons. The van der Waals surface area contributed by atoms with Crippen molar-refractivity contribution in [3.8, 4) is 5.69 Å². The van der Waals surface area contributed by atoms with Gasteiger partial charge in [-0.15, -0.1) is 0 Å². The lowest BCUT2D eigenvalue weighted by molar-refractivity contribution is 0.521. The van der Waals surface area contributed by atoms with Gasteiger partial charge in [-0.25, -0.2) is 9.18 Å². The number of halogens is 2. The number of fused-ring (bicyclic) bond motifs is 1. The summed E-state index contributed by atoms with van der Waals surface area (Å²) >= 11 is 5.97.